The van der Waals surface area contributed by atoms with Crippen LogP contribution in [-0.2, 0) is 11.3 Å². The molecular formula is C18H15ClN2O5. The topological polar surface area (TPSA) is 83.7 Å². The highest BCUT2D eigenvalue weighted by Crippen LogP contribution is 2.31. The third-order valence-electron chi connectivity index (χ3n) is 3.53. The summed E-state index contributed by atoms with van der Waals surface area (Å²) in [5.41, 5.74) is 0.948. The molecule has 0 unspecified atom stereocenters. The Kier molecular flexibility index (Phi) is 5.38. The first-order valence-electron chi connectivity index (χ1n) is 7.59. The zero-order valence-corrected chi connectivity index (χ0v) is 14.8. The molecule has 0 aliphatic heterocycles. The van der Waals surface area contributed by atoms with Gasteiger partial charge in [0.15, 0.2) is 18.1 Å². The van der Waals surface area contributed by atoms with E-state index in [1.165, 1.54) is 7.11 Å². The quantitative estimate of drug-likeness (QED) is 0.607. The van der Waals surface area contributed by atoms with E-state index in [4.69, 9.17) is 30.3 Å². The lowest BCUT2D eigenvalue weighted by Crippen LogP contribution is -2.06. The van der Waals surface area contributed by atoms with E-state index in [1.54, 1.807) is 49.6 Å². The van der Waals surface area contributed by atoms with Crippen molar-refractivity contribution in [3.63, 3.8) is 0 Å². The first kappa shape index (κ1) is 17.8. The van der Waals surface area contributed by atoms with Gasteiger partial charge in [0, 0.05) is 5.56 Å². The van der Waals surface area contributed by atoms with Crippen LogP contribution in [0.1, 0.15) is 16.2 Å². The lowest BCUT2D eigenvalue weighted by atomic mass is 10.2. The van der Waals surface area contributed by atoms with Gasteiger partial charge in [-0.05, 0) is 30.3 Å². The molecule has 1 heterocycles. The van der Waals surface area contributed by atoms with Crippen LogP contribution in [0.15, 0.2) is 47.0 Å². The van der Waals surface area contributed by atoms with E-state index in [0.29, 0.717) is 27.9 Å². The summed E-state index contributed by atoms with van der Waals surface area (Å²) >= 11 is 5.96. The molecule has 0 aliphatic rings. The maximum Gasteiger partial charge on any atom is 0.340 e. The molecule has 2 aromatic carbocycles. The lowest BCUT2D eigenvalue weighted by molar-refractivity contribution is 0.0430. The van der Waals surface area contributed by atoms with Gasteiger partial charge in [-0.15, -0.1) is 0 Å². The van der Waals surface area contributed by atoms with Gasteiger partial charge < -0.3 is 18.7 Å². The van der Waals surface area contributed by atoms with E-state index in [2.05, 4.69) is 10.1 Å². The smallest absolute Gasteiger partial charge is 0.340 e. The molecule has 0 saturated heterocycles. The first-order valence-corrected chi connectivity index (χ1v) is 7.97. The Bertz CT molecular complexity index is 925. The predicted molar refractivity (Wildman–Crippen MR) is 93.4 cm³/mol. The second kappa shape index (κ2) is 7.88. The van der Waals surface area contributed by atoms with Crippen molar-refractivity contribution in [1.82, 2.24) is 10.1 Å². The molecule has 0 aliphatic carbocycles. The second-order valence-corrected chi connectivity index (χ2v) is 5.54. The SMILES string of the molecule is COc1ccc(-c2noc(COC(=O)c3ccccc3Cl)n2)cc1OC. The van der Waals surface area contributed by atoms with Gasteiger partial charge in [-0.1, -0.05) is 28.9 Å². The second-order valence-electron chi connectivity index (χ2n) is 5.14. The van der Waals surface area contributed by atoms with Gasteiger partial charge in [-0.3, -0.25) is 0 Å². The summed E-state index contributed by atoms with van der Waals surface area (Å²) in [6, 6.07) is 11.8. The van der Waals surface area contributed by atoms with E-state index in [9.17, 15) is 4.79 Å². The Morgan fingerprint density at radius 2 is 1.88 bits per heavy atom. The van der Waals surface area contributed by atoms with Crippen LogP contribution in [0.5, 0.6) is 11.5 Å². The van der Waals surface area contributed by atoms with Crippen molar-refractivity contribution in [2.45, 2.75) is 6.61 Å². The summed E-state index contributed by atoms with van der Waals surface area (Å²) in [5.74, 6) is 1.07. The molecule has 8 heteroatoms. The zero-order valence-electron chi connectivity index (χ0n) is 14.1. The number of methoxy groups -OCH3 is 2. The van der Waals surface area contributed by atoms with Gasteiger partial charge in [0.1, 0.15) is 0 Å². The van der Waals surface area contributed by atoms with E-state index in [1.807, 2.05) is 0 Å². The fraction of sp³-hybridized carbons (Fsp3) is 0.167. The Balaban J connectivity index is 1.70. The standard InChI is InChI=1S/C18H15ClN2O5/c1-23-14-8-7-11(9-15(14)24-2)17-20-16(26-21-17)10-25-18(22)12-5-3-4-6-13(12)19/h3-9H,10H2,1-2H3. The highest BCUT2D eigenvalue weighted by molar-refractivity contribution is 6.33. The van der Waals surface area contributed by atoms with Gasteiger partial charge in [-0.2, -0.15) is 4.98 Å². The van der Waals surface area contributed by atoms with Gasteiger partial charge >= 0.3 is 5.97 Å². The molecule has 0 fully saturated rings. The van der Waals surface area contributed by atoms with Crippen LogP contribution in [-0.4, -0.2) is 30.3 Å². The first-order chi connectivity index (χ1) is 12.6. The molecule has 0 N–H and O–H groups in total. The van der Waals surface area contributed by atoms with Crippen molar-refractivity contribution in [1.29, 1.82) is 0 Å². The lowest BCUT2D eigenvalue weighted by Gasteiger charge is -2.07. The summed E-state index contributed by atoms with van der Waals surface area (Å²) < 4.78 is 20.7. The normalized spacial score (nSPS) is 10.4. The van der Waals surface area contributed by atoms with Gasteiger partial charge in [-0.25, -0.2) is 4.79 Å². The van der Waals surface area contributed by atoms with Crippen LogP contribution in [0.2, 0.25) is 5.02 Å². The van der Waals surface area contributed by atoms with Crippen LogP contribution < -0.4 is 9.47 Å². The van der Waals surface area contributed by atoms with Gasteiger partial charge in [0.05, 0.1) is 24.8 Å². The predicted octanol–water partition coefficient (Wildman–Crippen LogP) is 3.76. The number of halogens is 1. The molecule has 0 spiro atoms. The van der Waals surface area contributed by atoms with Crippen LogP contribution in [0.3, 0.4) is 0 Å². The highest BCUT2D eigenvalue weighted by atomic mass is 35.5. The van der Waals surface area contributed by atoms with Crippen molar-refractivity contribution in [2.24, 2.45) is 0 Å². The van der Waals surface area contributed by atoms with Crippen molar-refractivity contribution in [2.75, 3.05) is 14.2 Å². The van der Waals surface area contributed by atoms with Crippen molar-refractivity contribution >= 4 is 17.6 Å². The zero-order chi connectivity index (χ0) is 18.5. The molecule has 0 radical (unpaired) electrons. The fourth-order valence-corrected chi connectivity index (χ4v) is 2.45. The number of benzene rings is 2. The van der Waals surface area contributed by atoms with Crippen molar-refractivity contribution in [3.05, 3.63) is 58.9 Å². The highest BCUT2D eigenvalue weighted by Gasteiger charge is 2.15. The van der Waals surface area contributed by atoms with E-state index < -0.39 is 5.97 Å². The molecule has 0 amide bonds. The Hall–Kier alpha value is -3.06. The van der Waals surface area contributed by atoms with Crippen LogP contribution in [0.4, 0.5) is 0 Å². The Morgan fingerprint density at radius 3 is 2.62 bits per heavy atom. The molecule has 1 aromatic heterocycles. The largest absolute Gasteiger partial charge is 0.493 e. The number of aromatic nitrogens is 2. The third kappa shape index (κ3) is 3.78. The number of esters is 1. The number of hydrogen-bond acceptors (Lipinski definition) is 7. The Labute approximate surface area is 154 Å². The molecular weight excluding hydrogens is 360 g/mol. The molecule has 134 valence electrons. The Morgan fingerprint density at radius 1 is 1.12 bits per heavy atom. The maximum atomic E-state index is 12.0. The molecule has 26 heavy (non-hydrogen) atoms. The molecule has 0 saturated carbocycles. The molecule has 0 atom stereocenters. The molecule has 0 bridgehead atoms. The summed E-state index contributed by atoms with van der Waals surface area (Å²) in [6.07, 6.45) is 0. The minimum Gasteiger partial charge on any atom is -0.493 e. The minimum absolute atomic E-state index is 0.162. The maximum absolute atomic E-state index is 12.0. The number of carbonyl (C=O) groups excluding carboxylic acids is 1. The van der Waals surface area contributed by atoms with E-state index in [0.717, 1.165) is 0 Å². The van der Waals surface area contributed by atoms with Crippen LogP contribution >= 0.6 is 11.6 Å². The summed E-state index contributed by atoms with van der Waals surface area (Å²) in [4.78, 5) is 16.3. The van der Waals surface area contributed by atoms with E-state index in [-0.39, 0.29) is 18.1 Å². The minimum atomic E-state index is -0.568. The number of nitrogens with zero attached hydrogens (tertiary/aromatic N) is 2. The fourth-order valence-electron chi connectivity index (χ4n) is 2.24. The number of rotatable bonds is 6. The van der Waals surface area contributed by atoms with E-state index >= 15 is 0 Å². The summed E-state index contributed by atoms with van der Waals surface area (Å²) in [5, 5.41) is 4.20. The molecule has 3 rings (SSSR count). The van der Waals surface area contributed by atoms with Gasteiger partial charge in [0.2, 0.25) is 5.82 Å². The molecule has 7 nitrogen and oxygen atoms in total. The number of carbonyl (C=O) groups is 1. The van der Waals surface area contributed by atoms with Crippen LogP contribution in [0, 0.1) is 0 Å². The average molecular weight is 375 g/mol. The average Bonchev–Trinajstić information content (AvgIpc) is 3.15. The molecule has 3 aromatic rings. The summed E-state index contributed by atoms with van der Waals surface area (Å²) in [6.45, 7) is -0.162. The number of ether oxygens (including phenoxy) is 3. The monoisotopic (exact) mass is 374 g/mol. The summed E-state index contributed by atoms with van der Waals surface area (Å²) in [7, 11) is 3.09. The van der Waals surface area contributed by atoms with Crippen molar-refractivity contribution < 1.29 is 23.5 Å². The van der Waals surface area contributed by atoms with Crippen LogP contribution in [0.25, 0.3) is 11.4 Å². The third-order valence-corrected chi connectivity index (χ3v) is 3.86. The van der Waals surface area contributed by atoms with Crippen molar-refractivity contribution in [3.8, 4) is 22.9 Å². The number of hydrogen-bond donors (Lipinski definition) is 0. The van der Waals surface area contributed by atoms with Gasteiger partial charge in [0.25, 0.3) is 5.89 Å².